The number of nitrogens with zero attached hydrogens (tertiary/aromatic N) is 5. The van der Waals surface area contributed by atoms with Gasteiger partial charge in [0.15, 0.2) is 0 Å². The minimum Gasteiger partial charge on any atom is -0.507 e. The standard InChI is InChI=1S/C36H41N7O3/c1-41(2)17-18-43-21-19-42(20-22-43)16-14-25-6-10-28(11-7-25)38-35(45)27-8-12-31-32(24-27)40-34(39-31)30-23-26(9-13-33(30)44)29-5-4-15-37-36(29)46-3/h4-13,15,23-24,44H,14,16-22H2,1-3H3,(H,38,45)(H,39,40). The first-order valence-corrected chi connectivity index (χ1v) is 15.7. The summed E-state index contributed by atoms with van der Waals surface area (Å²) in [4.78, 5) is 32.7. The molecular weight excluding hydrogens is 578 g/mol. The van der Waals surface area contributed by atoms with Crippen LogP contribution in [-0.2, 0) is 6.42 Å². The number of benzene rings is 3. The first kappa shape index (κ1) is 31.2. The van der Waals surface area contributed by atoms with Gasteiger partial charge in [0.2, 0.25) is 5.88 Å². The van der Waals surface area contributed by atoms with Crippen LogP contribution in [0.2, 0.25) is 0 Å². The molecule has 3 aromatic carbocycles. The summed E-state index contributed by atoms with van der Waals surface area (Å²) in [6.07, 6.45) is 2.66. The lowest BCUT2D eigenvalue weighted by Gasteiger charge is -2.35. The van der Waals surface area contributed by atoms with Crippen molar-refractivity contribution in [2.45, 2.75) is 6.42 Å². The number of H-pyrrole nitrogens is 1. The number of carbonyl (C=O) groups excluding carboxylic acids is 1. The highest BCUT2D eigenvalue weighted by molar-refractivity contribution is 6.06. The number of carbonyl (C=O) groups is 1. The fourth-order valence-electron chi connectivity index (χ4n) is 5.77. The topological polar surface area (TPSA) is 110 Å². The van der Waals surface area contributed by atoms with Crippen LogP contribution in [0.5, 0.6) is 11.6 Å². The number of hydrogen-bond acceptors (Lipinski definition) is 8. The maximum atomic E-state index is 13.2. The summed E-state index contributed by atoms with van der Waals surface area (Å²) in [7, 11) is 5.83. The van der Waals surface area contributed by atoms with Crippen molar-refractivity contribution in [3.05, 3.63) is 90.1 Å². The Morgan fingerprint density at radius 1 is 0.957 bits per heavy atom. The van der Waals surface area contributed by atoms with Gasteiger partial charge < -0.3 is 29.9 Å². The van der Waals surface area contributed by atoms with Gasteiger partial charge in [-0.1, -0.05) is 18.2 Å². The van der Waals surface area contributed by atoms with E-state index in [9.17, 15) is 9.90 Å². The Morgan fingerprint density at radius 3 is 2.46 bits per heavy atom. The Hall–Kier alpha value is -4.77. The number of aromatic nitrogens is 3. The molecule has 0 atom stereocenters. The van der Waals surface area contributed by atoms with Gasteiger partial charge in [0.25, 0.3) is 5.91 Å². The van der Waals surface area contributed by atoms with E-state index in [4.69, 9.17) is 4.74 Å². The summed E-state index contributed by atoms with van der Waals surface area (Å²) < 4.78 is 5.42. The molecule has 1 saturated heterocycles. The van der Waals surface area contributed by atoms with Gasteiger partial charge in [-0.25, -0.2) is 9.97 Å². The Bertz CT molecular complexity index is 1790. The molecule has 0 spiro atoms. The van der Waals surface area contributed by atoms with Crippen molar-refractivity contribution in [3.8, 4) is 34.1 Å². The first-order chi connectivity index (χ1) is 22.4. The zero-order chi connectivity index (χ0) is 32.0. The first-order valence-electron chi connectivity index (χ1n) is 15.7. The van der Waals surface area contributed by atoms with Gasteiger partial charge in [-0.3, -0.25) is 9.69 Å². The van der Waals surface area contributed by atoms with Gasteiger partial charge in [-0.2, -0.15) is 0 Å². The number of fused-ring (bicyclic) bond motifs is 1. The maximum absolute atomic E-state index is 13.2. The number of aromatic amines is 1. The molecule has 0 unspecified atom stereocenters. The lowest BCUT2D eigenvalue weighted by Crippen LogP contribution is -2.48. The van der Waals surface area contributed by atoms with Crippen LogP contribution in [0.15, 0.2) is 79.0 Å². The Kier molecular flexibility index (Phi) is 9.58. The maximum Gasteiger partial charge on any atom is 0.255 e. The average molecular weight is 620 g/mol. The van der Waals surface area contributed by atoms with Gasteiger partial charge in [0.1, 0.15) is 11.6 Å². The van der Waals surface area contributed by atoms with Crippen LogP contribution in [0.4, 0.5) is 5.69 Å². The smallest absolute Gasteiger partial charge is 0.255 e. The third-order valence-corrected chi connectivity index (χ3v) is 8.53. The molecule has 2 aromatic heterocycles. The van der Waals surface area contributed by atoms with E-state index in [1.165, 1.54) is 5.56 Å². The van der Waals surface area contributed by atoms with E-state index >= 15 is 0 Å². The van der Waals surface area contributed by atoms with E-state index in [-0.39, 0.29) is 11.7 Å². The van der Waals surface area contributed by atoms with Crippen molar-refractivity contribution in [2.75, 3.05) is 72.3 Å². The Morgan fingerprint density at radius 2 is 1.72 bits per heavy atom. The molecule has 10 heteroatoms. The number of aromatic hydroxyl groups is 1. The molecule has 5 aromatic rings. The predicted molar refractivity (Wildman–Crippen MR) is 183 cm³/mol. The summed E-state index contributed by atoms with van der Waals surface area (Å²) in [6, 6.07) is 22.5. The van der Waals surface area contributed by atoms with Gasteiger partial charge in [0.05, 0.1) is 23.7 Å². The predicted octanol–water partition coefficient (Wildman–Crippen LogP) is 4.98. The zero-order valence-corrected chi connectivity index (χ0v) is 26.7. The van der Waals surface area contributed by atoms with Crippen LogP contribution in [-0.4, -0.2) is 108 Å². The monoisotopic (exact) mass is 619 g/mol. The second kappa shape index (κ2) is 14.1. The molecule has 3 heterocycles. The molecule has 238 valence electrons. The van der Waals surface area contributed by atoms with Crippen molar-refractivity contribution in [2.24, 2.45) is 0 Å². The molecule has 1 aliphatic heterocycles. The van der Waals surface area contributed by atoms with Gasteiger partial charge >= 0.3 is 0 Å². The summed E-state index contributed by atoms with van der Waals surface area (Å²) in [6.45, 7) is 7.75. The van der Waals surface area contributed by atoms with Gasteiger partial charge in [-0.05, 0) is 86.2 Å². The number of phenolic OH excluding ortho intramolecular Hbond substituents is 1. The van der Waals surface area contributed by atoms with Crippen molar-refractivity contribution in [1.29, 1.82) is 0 Å². The SMILES string of the molecule is COc1ncccc1-c1ccc(O)c(-c2nc3ccc(C(=O)Nc4ccc(CCN5CCN(CCN(C)C)CC5)cc4)cc3[nH]2)c1. The minimum absolute atomic E-state index is 0.0882. The molecule has 0 saturated carbocycles. The number of piperazine rings is 1. The molecule has 1 amide bonds. The Balaban J connectivity index is 1.07. The van der Waals surface area contributed by atoms with Crippen LogP contribution in [0.25, 0.3) is 33.5 Å². The summed E-state index contributed by atoms with van der Waals surface area (Å²) in [5.41, 5.74) is 6.07. The highest BCUT2D eigenvalue weighted by Gasteiger charge is 2.17. The van der Waals surface area contributed by atoms with E-state index in [1.54, 1.807) is 37.6 Å². The zero-order valence-electron chi connectivity index (χ0n) is 26.7. The van der Waals surface area contributed by atoms with Crippen LogP contribution in [0.3, 0.4) is 0 Å². The number of amides is 1. The molecule has 6 rings (SSSR count). The number of rotatable bonds is 11. The van der Waals surface area contributed by atoms with Crippen molar-refractivity contribution in [1.82, 2.24) is 29.7 Å². The number of pyridine rings is 1. The average Bonchev–Trinajstić information content (AvgIpc) is 3.51. The van der Waals surface area contributed by atoms with Crippen LogP contribution in [0, 0.1) is 0 Å². The summed E-state index contributed by atoms with van der Waals surface area (Å²) in [5.74, 6) is 0.877. The van der Waals surface area contributed by atoms with Crippen LogP contribution >= 0.6 is 0 Å². The fraction of sp³-hybridized carbons (Fsp3) is 0.306. The van der Waals surface area contributed by atoms with E-state index in [1.807, 2.05) is 36.4 Å². The second-order valence-corrected chi connectivity index (χ2v) is 12.0. The molecule has 10 nitrogen and oxygen atoms in total. The number of phenols is 1. The van der Waals surface area contributed by atoms with E-state index in [0.717, 1.165) is 69.0 Å². The molecule has 1 aliphatic rings. The molecule has 0 aliphatic carbocycles. The normalized spacial score (nSPS) is 14.2. The summed E-state index contributed by atoms with van der Waals surface area (Å²) in [5, 5.41) is 13.7. The van der Waals surface area contributed by atoms with E-state index < -0.39 is 0 Å². The molecule has 0 radical (unpaired) electrons. The quantitative estimate of drug-likeness (QED) is 0.190. The third-order valence-electron chi connectivity index (χ3n) is 8.53. The Labute approximate surface area is 269 Å². The fourth-order valence-corrected chi connectivity index (χ4v) is 5.77. The molecular formula is C36H41N7O3. The minimum atomic E-state index is -0.202. The highest BCUT2D eigenvalue weighted by atomic mass is 16.5. The molecule has 1 fully saturated rings. The molecule has 3 N–H and O–H groups in total. The van der Waals surface area contributed by atoms with E-state index in [2.05, 4.69) is 61.2 Å². The number of nitrogens with one attached hydrogen (secondary N) is 2. The largest absolute Gasteiger partial charge is 0.507 e. The third kappa shape index (κ3) is 7.37. The van der Waals surface area contributed by atoms with E-state index in [0.29, 0.717) is 33.9 Å². The van der Waals surface area contributed by atoms with Gasteiger partial charge in [0, 0.05) is 68.8 Å². The number of imidazole rings is 1. The number of methoxy groups -OCH3 is 1. The number of anilines is 1. The number of hydrogen-bond donors (Lipinski definition) is 3. The van der Waals surface area contributed by atoms with Crippen molar-refractivity contribution in [3.63, 3.8) is 0 Å². The van der Waals surface area contributed by atoms with Crippen molar-refractivity contribution >= 4 is 22.6 Å². The number of likely N-dealkylation sites (N-methyl/N-ethyl adjacent to an activating group) is 1. The molecule has 46 heavy (non-hydrogen) atoms. The highest BCUT2D eigenvalue weighted by Crippen LogP contribution is 2.35. The van der Waals surface area contributed by atoms with Gasteiger partial charge in [-0.15, -0.1) is 0 Å². The summed E-state index contributed by atoms with van der Waals surface area (Å²) >= 11 is 0. The van der Waals surface area contributed by atoms with Crippen molar-refractivity contribution < 1.29 is 14.6 Å². The van der Waals surface area contributed by atoms with Crippen LogP contribution < -0.4 is 10.1 Å². The second-order valence-electron chi connectivity index (χ2n) is 12.0. The molecule has 0 bridgehead atoms. The lowest BCUT2D eigenvalue weighted by molar-refractivity contribution is 0.102. The van der Waals surface area contributed by atoms with Crippen LogP contribution in [0.1, 0.15) is 15.9 Å². The number of ether oxygens (including phenoxy) is 1. The lowest BCUT2D eigenvalue weighted by atomic mass is 10.0.